The van der Waals surface area contributed by atoms with E-state index in [4.69, 9.17) is 9.47 Å². The Hall–Kier alpha value is -1.72. The number of Topliss-reactive ketones (excluding diaryl/α,β-unsaturated/α-hetero) is 1. The first-order chi connectivity index (χ1) is 13.3. The van der Waals surface area contributed by atoms with Crippen molar-refractivity contribution in [2.75, 3.05) is 19.8 Å². The quantitative estimate of drug-likeness (QED) is 0.600. The van der Waals surface area contributed by atoms with Gasteiger partial charge < -0.3 is 14.8 Å². The number of ether oxygens (including phenoxy) is 2. The molecule has 1 heterocycles. The van der Waals surface area contributed by atoms with Gasteiger partial charge in [0, 0.05) is 6.61 Å². The molecule has 1 N–H and O–H groups in total. The van der Waals surface area contributed by atoms with Crippen LogP contribution in [0.1, 0.15) is 66.3 Å². The Kier molecular flexibility index (Phi) is 6.25. The first kappa shape index (κ1) is 21.0. The SMILES string of the molecule is CCOCCOC1CCC2(CC1)NC(=O)C(c1c(C)cc(C)c(C)c1C)C2=O. The van der Waals surface area contributed by atoms with E-state index in [1.165, 1.54) is 5.56 Å². The van der Waals surface area contributed by atoms with Crippen LogP contribution < -0.4 is 5.32 Å². The number of nitrogens with one attached hydrogen (secondary N) is 1. The second kappa shape index (κ2) is 8.34. The number of ketones is 1. The molecule has 0 aromatic heterocycles. The Morgan fingerprint density at radius 2 is 1.71 bits per heavy atom. The van der Waals surface area contributed by atoms with Gasteiger partial charge in [-0.05, 0) is 88.1 Å². The van der Waals surface area contributed by atoms with Crippen LogP contribution in [0.15, 0.2) is 6.07 Å². The zero-order valence-electron chi connectivity index (χ0n) is 17.8. The minimum Gasteiger partial charge on any atom is -0.379 e. The molecule has 1 unspecified atom stereocenters. The van der Waals surface area contributed by atoms with Gasteiger partial charge in [-0.3, -0.25) is 9.59 Å². The van der Waals surface area contributed by atoms with Crippen molar-refractivity contribution >= 4 is 11.7 Å². The van der Waals surface area contributed by atoms with Crippen molar-refractivity contribution in [2.24, 2.45) is 0 Å². The number of hydrogen-bond donors (Lipinski definition) is 1. The first-order valence-corrected chi connectivity index (χ1v) is 10.4. The second-order valence-electron chi connectivity index (χ2n) is 8.31. The summed E-state index contributed by atoms with van der Waals surface area (Å²) in [4.78, 5) is 26.4. The summed E-state index contributed by atoms with van der Waals surface area (Å²) in [5, 5.41) is 3.08. The molecular weight excluding hydrogens is 354 g/mol. The largest absolute Gasteiger partial charge is 0.379 e. The third-order valence-corrected chi connectivity index (χ3v) is 6.63. The van der Waals surface area contributed by atoms with Crippen molar-refractivity contribution in [3.63, 3.8) is 0 Å². The molecule has 1 saturated carbocycles. The smallest absolute Gasteiger partial charge is 0.235 e. The topological polar surface area (TPSA) is 64.6 Å². The minimum atomic E-state index is -0.723. The van der Waals surface area contributed by atoms with Crippen molar-refractivity contribution in [1.29, 1.82) is 0 Å². The number of amides is 1. The summed E-state index contributed by atoms with van der Waals surface area (Å²) >= 11 is 0. The van der Waals surface area contributed by atoms with E-state index in [2.05, 4.69) is 25.2 Å². The molecular formula is C23H33NO4. The zero-order valence-corrected chi connectivity index (χ0v) is 17.8. The molecule has 5 heteroatoms. The monoisotopic (exact) mass is 387 g/mol. The van der Waals surface area contributed by atoms with Crippen LogP contribution in [0.5, 0.6) is 0 Å². The van der Waals surface area contributed by atoms with Crippen LogP contribution in [-0.2, 0) is 19.1 Å². The molecule has 3 rings (SSSR count). The van der Waals surface area contributed by atoms with Gasteiger partial charge in [-0.2, -0.15) is 0 Å². The zero-order chi connectivity index (χ0) is 20.5. The summed E-state index contributed by atoms with van der Waals surface area (Å²) in [6.07, 6.45) is 3.01. The lowest BCUT2D eigenvalue weighted by atomic mass is 9.74. The number of rotatable bonds is 6. The van der Waals surface area contributed by atoms with Crippen molar-refractivity contribution in [1.82, 2.24) is 5.32 Å². The predicted molar refractivity (Wildman–Crippen MR) is 109 cm³/mol. The highest BCUT2D eigenvalue weighted by Crippen LogP contribution is 2.42. The van der Waals surface area contributed by atoms with E-state index >= 15 is 0 Å². The Morgan fingerprint density at radius 1 is 1.04 bits per heavy atom. The van der Waals surface area contributed by atoms with E-state index in [1.807, 2.05) is 20.8 Å². The summed E-state index contributed by atoms with van der Waals surface area (Å²) in [5.41, 5.74) is 4.63. The Morgan fingerprint density at radius 3 is 2.36 bits per heavy atom. The molecule has 0 radical (unpaired) electrons. The average Bonchev–Trinajstić information content (AvgIpc) is 2.89. The highest BCUT2D eigenvalue weighted by molar-refractivity contribution is 6.17. The van der Waals surface area contributed by atoms with E-state index < -0.39 is 11.5 Å². The standard InChI is InChI=1S/C23H33NO4/c1-6-27-11-12-28-18-7-9-23(10-8-18)21(25)20(22(26)24-23)19-15(3)13-14(2)16(4)17(19)5/h13,18,20H,6-12H2,1-5H3,(H,24,26). The lowest BCUT2D eigenvalue weighted by molar-refractivity contribution is -0.126. The number of benzene rings is 1. The van der Waals surface area contributed by atoms with Crippen LogP contribution in [0.4, 0.5) is 0 Å². The summed E-state index contributed by atoms with van der Waals surface area (Å²) in [6, 6.07) is 2.09. The van der Waals surface area contributed by atoms with Gasteiger partial charge >= 0.3 is 0 Å². The van der Waals surface area contributed by atoms with Crippen molar-refractivity contribution in [3.8, 4) is 0 Å². The van der Waals surface area contributed by atoms with E-state index in [1.54, 1.807) is 0 Å². The molecule has 0 bridgehead atoms. The van der Waals surface area contributed by atoms with Crippen LogP contribution in [0.25, 0.3) is 0 Å². The fourth-order valence-electron chi connectivity index (χ4n) is 4.82. The van der Waals surface area contributed by atoms with Crippen LogP contribution in [0, 0.1) is 27.7 Å². The third-order valence-electron chi connectivity index (χ3n) is 6.63. The lowest BCUT2D eigenvalue weighted by Crippen LogP contribution is -2.50. The van der Waals surface area contributed by atoms with Gasteiger partial charge in [0.25, 0.3) is 0 Å². The van der Waals surface area contributed by atoms with Crippen molar-refractivity contribution in [2.45, 2.75) is 77.9 Å². The van der Waals surface area contributed by atoms with Crippen LogP contribution >= 0.6 is 0 Å². The van der Waals surface area contributed by atoms with Crippen LogP contribution in [-0.4, -0.2) is 43.2 Å². The van der Waals surface area contributed by atoms with Gasteiger partial charge in [-0.25, -0.2) is 0 Å². The third kappa shape index (κ3) is 3.74. The maximum absolute atomic E-state index is 13.5. The highest BCUT2D eigenvalue weighted by Gasteiger charge is 2.54. The fourth-order valence-corrected chi connectivity index (χ4v) is 4.82. The van der Waals surface area contributed by atoms with Gasteiger partial charge in [0.1, 0.15) is 5.92 Å². The number of aryl methyl sites for hydroxylation is 2. The molecule has 1 spiro atoms. The van der Waals surface area contributed by atoms with E-state index in [0.717, 1.165) is 35.1 Å². The number of carbonyl (C=O) groups is 2. The summed E-state index contributed by atoms with van der Waals surface area (Å²) in [5.74, 6) is -0.787. The van der Waals surface area contributed by atoms with E-state index in [9.17, 15) is 9.59 Å². The van der Waals surface area contributed by atoms with Crippen molar-refractivity contribution in [3.05, 3.63) is 33.9 Å². The molecule has 1 amide bonds. The molecule has 28 heavy (non-hydrogen) atoms. The van der Waals surface area contributed by atoms with Crippen molar-refractivity contribution < 1.29 is 19.1 Å². The van der Waals surface area contributed by atoms with Gasteiger partial charge in [-0.15, -0.1) is 0 Å². The first-order valence-electron chi connectivity index (χ1n) is 10.4. The molecule has 2 aliphatic rings. The minimum absolute atomic E-state index is 0.0414. The van der Waals surface area contributed by atoms with Gasteiger partial charge in [0.2, 0.25) is 5.91 Å². The summed E-state index contributed by atoms with van der Waals surface area (Å²) in [6.45, 7) is 12.0. The van der Waals surface area contributed by atoms with Crippen LogP contribution in [0.3, 0.4) is 0 Å². The number of carbonyl (C=O) groups excluding carboxylic acids is 2. The normalized spacial score (nSPS) is 27.5. The highest BCUT2D eigenvalue weighted by atomic mass is 16.5. The van der Waals surface area contributed by atoms with Gasteiger partial charge in [0.15, 0.2) is 5.78 Å². The summed E-state index contributed by atoms with van der Waals surface area (Å²) in [7, 11) is 0. The molecule has 1 aliphatic heterocycles. The molecule has 1 saturated heterocycles. The lowest BCUT2D eigenvalue weighted by Gasteiger charge is -2.35. The molecule has 1 aliphatic carbocycles. The molecule has 154 valence electrons. The Balaban J connectivity index is 1.74. The molecule has 1 aromatic rings. The van der Waals surface area contributed by atoms with E-state index in [0.29, 0.717) is 32.7 Å². The Labute approximate surface area is 168 Å². The van der Waals surface area contributed by atoms with E-state index in [-0.39, 0.29) is 17.8 Å². The van der Waals surface area contributed by atoms with Gasteiger partial charge in [-0.1, -0.05) is 6.07 Å². The Bertz CT molecular complexity index is 762. The summed E-state index contributed by atoms with van der Waals surface area (Å²) < 4.78 is 11.2. The second-order valence-corrected chi connectivity index (χ2v) is 8.31. The molecule has 1 aromatic carbocycles. The average molecular weight is 388 g/mol. The number of hydrogen-bond acceptors (Lipinski definition) is 4. The molecule has 5 nitrogen and oxygen atoms in total. The molecule has 1 atom stereocenters. The predicted octanol–water partition coefficient (Wildman–Crippen LogP) is 3.44. The van der Waals surface area contributed by atoms with Crippen LogP contribution in [0.2, 0.25) is 0 Å². The molecule has 2 fully saturated rings. The maximum Gasteiger partial charge on any atom is 0.235 e. The van der Waals surface area contributed by atoms with Gasteiger partial charge in [0.05, 0.1) is 24.9 Å². The fraction of sp³-hybridized carbons (Fsp3) is 0.652. The maximum atomic E-state index is 13.5.